The number of aldehydes is 1. The molecule has 5 nitrogen and oxygen atoms in total. The van der Waals surface area contributed by atoms with Crippen molar-refractivity contribution in [3.05, 3.63) is 130 Å². The van der Waals surface area contributed by atoms with Crippen LogP contribution >= 0.6 is 23.2 Å². The molecule has 0 saturated carbocycles. The molecule has 190 valence electrons. The van der Waals surface area contributed by atoms with Crippen LogP contribution < -0.4 is 0 Å². The van der Waals surface area contributed by atoms with Gasteiger partial charge in [-0.05, 0) is 65.7 Å². The van der Waals surface area contributed by atoms with Crippen molar-refractivity contribution in [2.75, 3.05) is 0 Å². The van der Waals surface area contributed by atoms with Gasteiger partial charge in [-0.2, -0.15) is 0 Å². The van der Waals surface area contributed by atoms with E-state index in [9.17, 15) is 13.6 Å². The van der Waals surface area contributed by atoms with Gasteiger partial charge in [0.1, 0.15) is 33.2 Å². The van der Waals surface area contributed by atoms with E-state index >= 15 is 0 Å². The van der Waals surface area contributed by atoms with Gasteiger partial charge in [0, 0.05) is 41.8 Å². The number of rotatable bonds is 5. The van der Waals surface area contributed by atoms with E-state index in [2.05, 4.69) is 9.97 Å². The maximum Gasteiger partial charge on any atom is 0.152 e. The van der Waals surface area contributed by atoms with Gasteiger partial charge >= 0.3 is 0 Å². The quantitative estimate of drug-likeness (QED) is 0.165. The fourth-order valence-corrected chi connectivity index (χ4v) is 4.41. The Kier molecular flexibility index (Phi) is 7.49. The minimum absolute atomic E-state index is 0.225. The van der Waals surface area contributed by atoms with Crippen LogP contribution in [0.25, 0.3) is 22.1 Å². The molecule has 0 atom stereocenters. The second-order valence-electron chi connectivity index (χ2n) is 8.58. The van der Waals surface area contributed by atoms with Crippen molar-refractivity contribution in [2.45, 2.75) is 13.1 Å². The highest BCUT2D eigenvalue weighted by Crippen LogP contribution is 2.22. The van der Waals surface area contributed by atoms with Crippen molar-refractivity contribution >= 4 is 51.6 Å². The summed E-state index contributed by atoms with van der Waals surface area (Å²) in [6.07, 6.45) is 4.47. The molecule has 6 rings (SSSR count). The monoisotopic (exact) mass is 548 g/mol. The van der Waals surface area contributed by atoms with E-state index in [1.54, 1.807) is 48.7 Å². The molecule has 0 radical (unpaired) electrons. The normalized spacial score (nSPS) is 10.9. The molecule has 0 fully saturated rings. The Bertz CT molecular complexity index is 1730. The van der Waals surface area contributed by atoms with E-state index in [0.29, 0.717) is 34.6 Å². The number of benzene rings is 2. The van der Waals surface area contributed by atoms with E-state index in [4.69, 9.17) is 23.2 Å². The second-order valence-corrected chi connectivity index (χ2v) is 9.35. The average molecular weight is 549 g/mol. The molecule has 2 aromatic carbocycles. The first kappa shape index (κ1) is 25.6. The molecule has 0 aliphatic rings. The second kappa shape index (κ2) is 11.1. The maximum absolute atomic E-state index is 12.9. The third-order valence-electron chi connectivity index (χ3n) is 5.96. The van der Waals surface area contributed by atoms with Crippen molar-refractivity contribution in [3.8, 4) is 0 Å². The van der Waals surface area contributed by atoms with Gasteiger partial charge in [0.2, 0.25) is 0 Å². The summed E-state index contributed by atoms with van der Waals surface area (Å²) in [5, 5.41) is 2.64. The standard InChI is InChI=1S/C15H10ClFN2O.C14H10ClFN2/c16-14-6-5-13-11(9-20)8-19(15(13)18-14)7-10-1-3-12(17)4-2-10;15-13-6-3-11-7-8-18(14(11)17-13)9-10-1-4-12(16)5-2-10/h1-6,8-9H,7H2;1-8H,9H2. The van der Waals surface area contributed by atoms with Crippen LogP contribution in [-0.2, 0) is 13.1 Å². The molecule has 4 heterocycles. The van der Waals surface area contributed by atoms with E-state index in [1.807, 2.05) is 27.5 Å². The highest BCUT2D eigenvalue weighted by Gasteiger charge is 2.10. The zero-order valence-corrected chi connectivity index (χ0v) is 21.4. The zero-order valence-electron chi connectivity index (χ0n) is 19.9. The van der Waals surface area contributed by atoms with Crippen LogP contribution in [-0.4, -0.2) is 25.4 Å². The minimum Gasteiger partial charge on any atom is -0.328 e. The molecule has 38 heavy (non-hydrogen) atoms. The molecule has 0 saturated heterocycles. The van der Waals surface area contributed by atoms with Gasteiger partial charge in [-0.3, -0.25) is 4.79 Å². The highest BCUT2D eigenvalue weighted by atomic mass is 35.5. The van der Waals surface area contributed by atoms with Crippen molar-refractivity contribution in [1.82, 2.24) is 19.1 Å². The average Bonchev–Trinajstić information content (AvgIpc) is 3.47. The van der Waals surface area contributed by atoms with Crippen molar-refractivity contribution in [1.29, 1.82) is 0 Å². The summed E-state index contributed by atoms with van der Waals surface area (Å²) in [6, 6.07) is 21.8. The molecule has 0 aliphatic carbocycles. The molecule has 0 aliphatic heterocycles. The van der Waals surface area contributed by atoms with Gasteiger partial charge in [-0.25, -0.2) is 18.7 Å². The Morgan fingerprint density at radius 3 is 1.84 bits per heavy atom. The van der Waals surface area contributed by atoms with Gasteiger partial charge in [0.15, 0.2) is 6.29 Å². The molecule has 0 bridgehead atoms. The van der Waals surface area contributed by atoms with E-state index in [-0.39, 0.29) is 11.6 Å². The summed E-state index contributed by atoms with van der Waals surface area (Å²) < 4.78 is 29.6. The predicted octanol–water partition coefficient (Wildman–Crippen LogP) is 7.57. The van der Waals surface area contributed by atoms with Gasteiger partial charge < -0.3 is 9.13 Å². The Hall–Kier alpha value is -4.07. The summed E-state index contributed by atoms with van der Waals surface area (Å²) in [6.45, 7) is 1.15. The van der Waals surface area contributed by atoms with Crippen LogP contribution in [0, 0.1) is 11.6 Å². The molecular formula is C29H20Cl2F2N4O. The van der Waals surface area contributed by atoms with E-state index < -0.39 is 0 Å². The van der Waals surface area contributed by atoms with Crippen LogP contribution in [0.3, 0.4) is 0 Å². The third-order valence-corrected chi connectivity index (χ3v) is 6.38. The number of pyridine rings is 2. The maximum atomic E-state index is 12.9. The number of hydrogen-bond donors (Lipinski definition) is 0. The summed E-state index contributed by atoms with van der Waals surface area (Å²) in [7, 11) is 0. The minimum atomic E-state index is -0.277. The first-order chi connectivity index (χ1) is 18.4. The molecular weight excluding hydrogens is 529 g/mol. The van der Waals surface area contributed by atoms with Crippen molar-refractivity contribution in [2.24, 2.45) is 0 Å². The smallest absolute Gasteiger partial charge is 0.152 e. The Morgan fingerprint density at radius 2 is 1.24 bits per heavy atom. The number of carbonyl (C=O) groups is 1. The van der Waals surface area contributed by atoms with E-state index in [1.165, 1.54) is 24.3 Å². The fourth-order valence-electron chi connectivity index (χ4n) is 4.12. The Morgan fingerprint density at radius 1 is 0.684 bits per heavy atom. The largest absolute Gasteiger partial charge is 0.328 e. The van der Waals surface area contributed by atoms with E-state index in [0.717, 1.165) is 33.8 Å². The lowest BCUT2D eigenvalue weighted by Gasteiger charge is -2.05. The number of aromatic nitrogens is 4. The molecule has 0 spiro atoms. The first-order valence-electron chi connectivity index (χ1n) is 11.6. The SMILES string of the molecule is Fc1ccc(Cn2ccc3ccc(Cl)nc32)cc1.O=Cc1cn(Cc2ccc(F)cc2)c2nc(Cl)ccc12. The molecule has 0 amide bonds. The van der Waals surface area contributed by atoms with Crippen molar-refractivity contribution in [3.63, 3.8) is 0 Å². The Balaban J connectivity index is 0.000000156. The van der Waals surface area contributed by atoms with Crippen LogP contribution in [0.4, 0.5) is 8.78 Å². The van der Waals surface area contributed by atoms with Crippen LogP contribution in [0.1, 0.15) is 21.5 Å². The van der Waals surface area contributed by atoms with Crippen LogP contribution in [0.5, 0.6) is 0 Å². The summed E-state index contributed by atoms with van der Waals surface area (Å²) in [4.78, 5) is 19.6. The lowest BCUT2D eigenvalue weighted by Crippen LogP contribution is -1.99. The number of halogens is 4. The summed E-state index contributed by atoms with van der Waals surface area (Å²) >= 11 is 11.8. The van der Waals surface area contributed by atoms with Crippen molar-refractivity contribution < 1.29 is 13.6 Å². The fraction of sp³-hybridized carbons (Fsp3) is 0.0690. The predicted molar refractivity (Wildman–Crippen MR) is 146 cm³/mol. The first-order valence-corrected chi connectivity index (χ1v) is 12.4. The number of nitrogens with zero attached hydrogens (tertiary/aromatic N) is 4. The Labute approximate surface area is 226 Å². The molecule has 4 aromatic heterocycles. The summed E-state index contributed by atoms with van der Waals surface area (Å²) in [5.41, 5.74) is 3.99. The van der Waals surface area contributed by atoms with Gasteiger partial charge in [-0.1, -0.05) is 47.5 Å². The van der Waals surface area contributed by atoms with Gasteiger partial charge in [0.05, 0.1) is 0 Å². The lowest BCUT2D eigenvalue weighted by atomic mass is 10.2. The number of hydrogen-bond acceptors (Lipinski definition) is 3. The van der Waals surface area contributed by atoms with Gasteiger partial charge in [0.25, 0.3) is 0 Å². The van der Waals surface area contributed by atoms with Gasteiger partial charge in [-0.15, -0.1) is 0 Å². The zero-order chi connectivity index (χ0) is 26.6. The molecule has 9 heteroatoms. The van der Waals surface area contributed by atoms with Crippen LogP contribution in [0.2, 0.25) is 10.3 Å². The summed E-state index contributed by atoms with van der Waals surface area (Å²) in [5.74, 6) is -0.502. The molecule has 6 aromatic rings. The number of fused-ring (bicyclic) bond motifs is 2. The lowest BCUT2D eigenvalue weighted by molar-refractivity contribution is 0.112. The third kappa shape index (κ3) is 5.74. The topological polar surface area (TPSA) is 52.7 Å². The molecule has 0 N–H and O–H groups in total. The molecule has 0 unspecified atom stereocenters. The van der Waals surface area contributed by atoms with Crippen LogP contribution in [0.15, 0.2) is 91.3 Å². The highest BCUT2D eigenvalue weighted by molar-refractivity contribution is 6.30. The number of carbonyl (C=O) groups excluding carboxylic acids is 1.